The standard InChI is InChI=1S/C19H28N6O3/c1-12(2)25-11-22-24-17(25)27-10-13-6-14(7-13)15-8-20-16(21-9-15)23-18(26)28-19(3,4)5/h8-9,11-14H,6-7,10H2,1-5H3,(H,20,21,23,26). The van der Waals surface area contributed by atoms with Crippen LogP contribution in [0.5, 0.6) is 6.01 Å². The molecule has 1 aliphatic rings. The lowest BCUT2D eigenvalue weighted by Crippen LogP contribution is -2.29. The maximum atomic E-state index is 11.8. The molecular formula is C19H28N6O3. The number of anilines is 1. The van der Waals surface area contributed by atoms with Gasteiger partial charge in [0.2, 0.25) is 5.95 Å². The molecule has 1 N–H and O–H groups in total. The van der Waals surface area contributed by atoms with Crippen molar-refractivity contribution in [3.05, 3.63) is 24.3 Å². The van der Waals surface area contributed by atoms with E-state index in [9.17, 15) is 4.79 Å². The third-order valence-electron chi connectivity index (χ3n) is 4.54. The van der Waals surface area contributed by atoms with Crippen LogP contribution in [0.25, 0.3) is 0 Å². The van der Waals surface area contributed by atoms with Gasteiger partial charge in [-0.15, -0.1) is 5.10 Å². The molecule has 28 heavy (non-hydrogen) atoms. The summed E-state index contributed by atoms with van der Waals surface area (Å²) in [5.41, 5.74) is 0.506. The highest BCUT2D eigenvalue weighted by molar-refractivity contribution is 5.82. The van der Waals surface area contributed by atoms with Crippen LogP contribution in [-0.2, 0) is 4.74 Å². The maximum absolute atomic E-state index is 11.8. The quantitative estimate of drug-likeness (QED) is 0.806. The molecule has 9 nitrogen and oxygen atoms in total. The second-order valence-electron chi connectivity index (χ2n) is 8.43. The summed E-state index contributed by atoms with van der Waals surface area (Å²) in [4.78, 5) is 20.2. The summed E-state index contributed by atoms with van der Waals surface area (Å²) < 4.78 is 12.9. The van der Waals surface area contributed by atoms with Crippen molar-refractivity contribution in [1.29, 1.82) is 0 Å². The minimum absolute atomic E-state index is 0.241. The number of ether oxygens (including phenoxy) is 2. The van der Waals surface area contributed by atoms with Crippen molar-refractivity contribution in [1.82, 2.24) is 24.7 Å². The number of nitrogens with one attached hydrogen (secondary N) is 1. The monoisotopic (exact) mass is 388 g/mol. The molecular weight excluding hydrogens is 360 g/mol. The van der Waals surface area contributed by atoms with E-state index in [4.69, 9.17) is 9.47 Å². The summed E-state index contributed by atoms with van der Waals surface area (Å²) in [6.07, 6.45) is 6.67. The summed E-state index contributed by atoms with van der Waals surface area (Å²) in [6, 6.07) is 0.837. The van der Waals surface area contributed by atoms with E-state index in [0.717, 1.165) is 18.4 Å². The molecule has 0 unspecified atom stereocenters. The highest BCUT2D eigenvalue weighted by atomic mass is 16.6. The third-order valence-corrected chi connectivity index (χ3v) is 4.54. The minimum Gasteiger partial charge on any atom is -0.463 e. The molecule has 1 saturated carbocycles. The second-order valence-corrected chi connectivity index (χ2v) is 8.43. The zero-order valence-corrected chi connectivity index (χ0v) is 17.0. The van der Waals surface area contributed by atoms with Gasteiger partial charge in [-0.25, -0.2) is 14.8 Å². The van der Waals surface area contributed by atoms with Gasteiger partial charge in [-0.05, 0) is 64.9 Å². The molecule has 0 spiro atoms. The predicted molar refractivity (Wildman–Crippen MR) is 103 cm³/mol. The first kappa shape index (κ1) is 20.0. The highest BCUT2D eigenvalue weighted by Crippen LogP contribution is 2.41. The van der Waals surface area contributed by atoms with Crippen LogP contribution < -0.4 is 10.1 Å². The van der Waals surface area contributed by atoms with Gasteiger partial charge in [-0.3, -0.25) is 9.88 Å². The Bertz CT molecular complexity index is 791. The van der Waals surface area contributed by atoms with Gasteiger partial charge < -0.3 is 9.47 Å². The van der Waals surface area contributed by atoms with Crippen molar-refractivity contribution in [2.75, 3.05) is 11.9 Å². The van der Waals surface area contributed by atoms with Gasteiger partial charge in [0.15, 0.2) is 0 Å². The Balaban J connectivity index is 1.44. The second kappa shape index (κ2) is 8.12. The molecule has 0 radical (unpaired) electrons. The number of aromatic nitrogens is 5. The topological polar surface area (TPSA) is 104 Å². The molecule has 0 atom stereocenters. The van der Waals surface area contributed by atoms with Gasteiger partial charge in [0.25, 0.3) is 0 Å². The fourth-order valence-electron chi connectivity index (χ4n) is 3.03. The van der Waals surface area contributed by atoms with Gasteiger partial charge in [0.05, 0.1) is 6.61 Å². The summed E-state index contributed by atoms with van der Waals surface area (Å²) in [6.45, 7) is 10.2. The van der Waals surface area contributed by atoms with Crippen LogP contribution >= 0.6 is 0 Å². The van der Waals surface area contributed by atoms with Crippen LogP contribution in [0.3, 0.4) is 0 Å². The van der Waals surface area contributed by atoms with Gasteiger partial charge in [-0.2, -0.15) is 0 Å². The number of carbonyl (C=O) groups excluding carboxylic acids is 1. The minimum atomic E-state index is -0.560. The lowest BCUT2D eigenvalue weighted by molar-refractivity contribution is 0.0634. The maximum Gasteiger partial charge on any atom is 0.414 e. The zero-order chi connectivity index (χ0) is 20.3. The SMILES string of the molecule is CC(C)n1cnnc1OCC1CC(c2cnc(NC(=O)OC(C)(C)C)nc2)C1. The van der Waals surface area contributed by atoms with E-state index in [-0.39, 0.29) is 12.0 Å². The van der Waals surface area contributed by atoms with E-state index in [1.54, 1.807) is 39.5 Å². The number of amides is 1. The lowest BCUT2D eigenvalue weighted by atomic mass is 9.72. The Labute approximate surface area is 164 Å². The van der Waals surface area contributed by atoms with E-state index < -0.39 is 11.7 Å². The zero-order valence-electron chi connectivity index (χ0n) is 17.0. The molecule has 1 amide bonds. The van der Waals surface area contributed by atoms with E-state index in [0.29, 0.717) is 24.5 Å². The Morgan fingerprint density at radius 3 is 2.57 bits per heavy atom. The number of hydrogen-bond donors (Lipinski definition) is 1. The van der Waals surface area contributed by atoms with Crippen LogP contribution in [0.4, 0.5) is 10.7 Å². The van der Waals surface area contributed by atoms with Crippen LogP contribution in [0.15, 0.2) is 18.7 Å². The number of rotatable bonds is 6. The molecule has 2 aromatic rings. The number of carbonyl (C=O) groups is 1. The van der Waals surface area contributed by atoms with Gasteiger partial charge in [0, 0.05) is 18.4 Å². The molecule has 1 aliphatic carbocycles. The molecule has 0 aromatic carbocycles. The van der Waals surface area contributed by atoms with E-state index in [1.165, 1.54) is 0 Å². The molecule has 0 bridgehead atoms. The first-order valence-corrected chi connectivity index (χ1v) is 9.55. The number of nitrogens with zero attached hydrogens (tertiary/aromatic N) is 5. The number of hydrogen-bond acceptors (Lipinski definition) is 7. The Morgan fingerprint density at radius 1 is 1.29 bits per heavy atom. The Morgan fingerprint density at radius 2 is 1.96 bits per heavy atom. The largest absolute Gasteiger partial charge is 0.463 e. The fraction of sp³-hybridized carbons (Fsp3) is 0.632. The first-order chi connectivity index (χ1) is 13.2. The summed E-state index contributed by atoms with van der Waals surface area (Å²) in [7, 11) is 0. The van der Waals surface area contributed by atoms with Crippen molar-refractivity contribution >= 4 is 12.0 Å². The molecule has 9 heteroatoms. The fourth-order valence-corrected chi connectivity index (χ4v) is 3.03. The predicted octanol–water partition coefficient (Wildman–Crippen LogP) is 3.57. The normalized spacial score (nSPS) is 19.2. The molecule has 2 aromatic heterocycles. The smallest absolute Gasteiger partial charge is 0.414 e. The van der Waals surface area contributed by atoms with Crippen LogP contribution in [0.1, 0.15) is 65.0 Å². The van der Waals surface area contributed by atoms with Crippen molar-refractivity contribution in [2.45, 2.75) is 65.0 Å². The van der Waals surface area contributed by atoms with E-state index >= 15 is 0 Å². The first-order valence-electron chi connectivity index (χ1n) is 9.55. The Hall–Kier alpha value is -2.71. The molecule has 1 fully saturated rings. The summed E-state index contributed by atoms with van der Waals surface area (Å²) in [5, 5.41) is 10.5. The molecule has 2 heterocycles. The van der Waals surface area contributed by atoms with E-state index in [1.807, 2.05) is 4.57 Å². The average molecular weight is 388 g/mol. The molecule has 152 valence electrons. The van der Waals surface area contributed by atoms with E-state index in [2.05, 4.69) is 39.3 Å². The third kappa shape index (κ3) is 5.17. The molecule has 0 saturated heterocycles. The van der Waals surface area contributed by atoms with Crippen molar-refractivity contribution in [2.24, 2.45) is 5.92 Å². The average Bonchev–Trinajstić information content (AvgIpc) is 3.02. The van der Waals surface area contributed by atoms with Crippen molar-refractivity contribution < 1.29 is 14.3 Å². The van der Waals surface area contributed by atoms with Crippen molar-refractivity contribution in [3.8, 4) is 6.01 Å². The van der Waals surface area contributed by atoms with Crippen molar-refractivity contribution in [3.63, 3.8) is 0 Å². The van der Waals surface area contributed by atoms with Gasteiger partial charge >= 0.3 is 12.1 Å². The van der Waals surface area contributed by atoms with Crippen LogP contribution in [-0.4, -0.2) is 43.0 Å². The molecule has 0 aliphatic heterocycles. The van der Waals surface area contributed by atoms with Gasteiger partial charge in [0.1, 0.15) is 11.9 Å². The highest BCUT2D eigenvalue weighted by Gasteiger charge is 2.31. The lowest BCUT2D eigenvalue weighted by Gasteiger charge is -2.34. The Kier molecular flexibility index (Phi) is 5.81. The van der Waals surface area contributed by atoms with Crippen LogP contribution in [0, 0.1) is 5.92 Å². The van der Waals surface area contributed by atoms with Crippen LogP contribution in [0.2, 0.25) is 0 Å². The summed E-state index contributed by atoms with van der Waals surface area (Å²) >= 11 is 0. The summed E-state index contributed by atoms with van der Waals surface area (Å²) in [5.74, 6) is 1.12. The van der Waals surface area contributed by atoms with Gasteiger partial charge in [-0.1, -0.05) is 5.10 Å². The molecule has 3 rings (SSSR count).